The van der Waals surface area contributed by atoms with Gasteiger partial charge in [0.2, 0.25) is 0 Å². The van der Waals surface area contributed by atoms with Crippen LogP contribution < -0.4 is 5.56 Å². The SMILES string of the molecule is CN(Cc1ccccc1)C(=O)n1[nH]c2ccc(C(=O)O)cc2c1=O. The molecule has 0 aliphatic carbocycles. The fraction of sp³-hybridized carbons (Fsp3) is 0.118. The number of rotatable bonds is 3. The molecule has 0 unspecified atom stereocenters. The molecule has 1 amide bonds. The van der Waals surface area contributed by atoms with Crippen molar-refractivity contribution < 1.29 is 14.7 Å². The quantitative estimate of drug-likeness (QED) is 0.771. The Bertz CT molecular complexity index is 972. The summed E-state index contributed by atoms with van der Waals surface area (Å²) >= 11 is 0. The van der Waals surface area contributed by atoms with E-state index in [1.807, 2.05) is 30.3 Å². The minimum Gasteiger partial charge on any atom is -0.478 e. The second kappa shape index (κ2) is 6.04. The average Bonchev–Trinajstić information content (AvgIpc) is 2.91. The summed E-state index contributed by atoms with van der Waals surface area (Å²) in [6.07, 6.45) is 0. The number of aromatic amines is 1. The van der Waals surface area contributed by atoms with Crippen molar-refractivity contribution in [2.24, 2.45) is 0 Å². The first-order valence-corrected chi connectivity index (χ1v) is 7.25. The predicted molar refractivity (Wildman–Crippen MR) is 88.2 cm³/mol. The number of hydrogen-bond acceptors (Lipinski definition) is 3. The number of aromatic nitrogens is 2. The second-order valence-corrected chi connectivity index (χ2v) is 5.44. The van der Waals surface area contributed by atoms with Gasteiger partial charge in [0, 0.05) is 13.6 Å². The molecule has 3 rings (SSSR count). The number of carboxylic acid groups (broad SMARTS) is 1. The molecule has 0 bridgehead atoms. The lowest BCUT2D eigenvalue weighted by atomic mass is 10.1. The van der Waals surface area contributed by atoms with Gasteiger partial charge in [0.1, 0.15) is 0 Å². The third kappa shape index (κ3) is 2.79. The third-order valence-electron chi connectivity index (χ3n) is 3.71. The number of benzene rings is 2. The average molecular weight is 325 g/mol. The molecular weight excluding hydrogens is 310 g/mol. The number of amides is 1. The van der Waals surface area contributed by atoms with Gasteiger partial charge in [0.05, 0.1) is 16.5 Å². The molecule has 0 aliphatic rings. The van der Waals surface area contributed by atoms with Crippen LogP contribution in [-0.4, -0.2) is 38.8 Å². The van der Waals surface area contributed by atoms with E-state index in [4.69, 9.17) is 5.11 Å². The monoisotopic (exact) mass is 325 g/mol. The van der Waals surface area contributed by atoms with E-state index in [-0.39, 0.29) is 10.9 Å². The van der Waals surface area contributed by atoms with Crippen LogP contribution in [0.2, 0.25) is 0 Å². The van der Waals surface area contributed by atoms with E-state index in [0.29, 0.717) is 12.1 Å². The van der Waals surface area contributed by atoms with E-state index in [1.54, 1.807) is 7.05 Å². The van der Waals surface area contributed by atoms with Crippen LogP contribution >= 0.6 is 0 Å². The summed E-state index contributed by atoms with van der Waals surface area (Å²) in [5.74, 6) is -1.13. The van der Waals surface area contributed by atoms with Crippen molar-refractivity contribution in [3.63, 3.8) is 0 Å². The fourth-order valence-electron chi connectivity index (χ4n) is 2.47. The number of H-pyrrole nitrogens is 1. The van der Waals surface area contributed by atoms with E-state index in [2.05, 4.69) is 5.10 Å². The Morgan fingerprint density at radius 3 is 2.54 bits per heavy atom. The first-order chi connectivity index (χ1) is 11.5. The molecule has 2 aromatic carbocycles. The van der Waals surface area contributed by atoms with Gasteiger partial charge in [0.25, 0.3) is 5.56 Å². The number of aromatic carboxylic acids is 1. The van der Waals surface area contributed by atoms with Crippen molar-refractivity contribution >= 4 is 22.9 Å². The minimum atomic E-state index is -1.13. The molecule has 3 aromatic rings. The largest absolute Gasteiger partial charge is 0.478 e. The van der Waals surface area contributed by atoms with Gasteiger partial charge in [-0.3, -0.25) is 9.89 Å². The summed E-state index contributed by atoms with van der Waals surface area (Å²) in [5, 5.41) is 11.9. The van der Waals surface area contributed by atoms with Crippen LogP contribution in [0.1, 0.15) is 15.9 Å². The Labute approximate surface area is 136 Å². The Morgan fingerprint density at radius 2 is 1.88 bits per heavy atom. The lowest BCUT2D eigenvalue weighted by Gasteiger charge is -2.16. The first kappa shape index (κ1) is 15.5. The number of fused-ring (bicyclic) bond motifs is 1. The van der Waals surface area contributed by atoms with Crippen LogP contribution in [-0.2, 0) is 6.54 Å². The Morgan fingerprint density at radius 1 is 1.17 bits per heavy atom. The van der Waals surface area contributed by atoms with E-state index >= 15 is 0 Å². The van der Waals surface area contributed by atoms with Crippen LogP contribution in [0.5, 0.6) is 0 Å². The molecule has 2 N–H and O–H groups in total. The molecule has 0 fully saturated rings. The third-order valence-corrected chi connectivity index (χ3v) is 3.71. The molecule has 0 atom stereocenters. The maximum atomic E-state index is 12.5. The molecule has 1 aromatic heterocycles. The van der Waals surface area contributed by atoms with Crippen LogP contribution in [0.25, 0.3) is 10.9 Å². The molecule has 0 radical (unpaired) electrons. The van der Waals surface area contributed by atoms with Gasteiger partial charge in [0.15, 0.2) is 0 Å². The maximum absolute atomic E-state index is 12.5. The van der Waals surface area contributed by atoms with Crippen LogP contribution in [0.15, 0.2) is 53.3 Å². The fourth-order valence-corrected chi connectivity index (χ4v) is 2.47. The molecule has 0 aliphatic heterocycles. The highest BCUT2D eigenvalue weighted by Crippen LogP contribution is 2.12. The number of hydrogen-bond donors (Lipinski definition) is 2. The normalized spacial score (nSPS) is 10.7. The van der Waals surface area contributed by atoms with Crippen molar-refractivity contribution in [1.29, 1.82) is 0 Å². The van der Waals surface area contributed by atoms with Crippen molar-refractivity contribution in [3.8, 4) is 0 Å². The summed E-state index contributed by atoms with van der Waals surface area (Å²) in [7, 11) is 1.59. The molecule has 24 heavy (non-hydrogen) atoms. The zero-order valence-corrected chi connectivity index (χ0v) is 12.9. The van der Waals surface area contributed by atoms with Gasteiger partial charge in [-0.1, -0.05) is 30.3 Å². The first-order valence-electron chi connectivity index (χ1n) is 7.25. The number of carbonyl (C=O) groups is 2. The van der Waals surface area contributed by atoms with Crippen LogP contribution in [0, 0.1) is 0 Å². The Hall–Kier alpha value is -3.35. The topological polar surface area (TPSA) is 95.4 Å². The molecule has 0 spiro atoms. The zero-order valence-electron chi connectivity index (χ0n) is 12.9. The van der Waals surface area contributed by atoms with Gasteiger partial charge in [-0.25, -0.2) is 9.59 Å². The molecule has 1 heterocycles. The second-order valence-electron chi connectivity index (χ2n) is 5.44. The van der Waals surface area contributed by atoms with Crippen molar-refractivity contribution in [2.75, 3.05) is 7.05 Å². The summed E-state index contributed by atoms with van der Waals surface area (Å²) < 4.78 is 0.888. The van der Waals surface area contributed by atoms with Crippen molar-refractivity contribution in [3.05, 3.63) is 70.0 Å². The summed E-state index contributed by atoms with van der Waals surface area (Å²) in [6, 6.07) is 13.0. The maximum Gasteiger partial charge on any atom is 0.346 e. The van der Waals surface area contributed by atoms with Crippen LogP contribution in [0.3, 0.4) is 0 Å². The van der Waals surface area contributed by atoms with Gasteiger partial charge < -0.3 is 10.0 Å². The predicted octanol–water partition coefficient (Wildman–Crippen LogP) is 2.13. The lowest BCUT2D eigenvalue weighted by Crippen LogP contribution is -2.36. The molecule has 0 saturated carbocycles. The number of carboxylic acids is 1. The highest BCUT2D eigenvalue weighted by Gasteiger charge is 2.18. The minimum absolute atomic E-state index is 0.00385. The van der Waals surface area contributed by atoms with Crippen LogP contribution in [0.4, 0.5) is 4.79 Å². The smallest absolute Gasteiger partial charge is 0.346 e. The molecule has 7 nitrogen and oxygen atoms in total. The van der Waals surface area contributed by atoms with E-state index < -0.39 is 17.6 Å². The molecule has 0 saturated heterocycles. The molecule has 7 heteroatoms. The Kier molecular flexibility index (Phi) is 3.91. The summed E-state index contributed by atoms with van der Waals surface area (Å²) in [6.45, 7) is 0.349. The highest BCUT2D eigenvalue weighted by atomic mass is 16.4. The van der Waals surface area contributed by atoms with Gasteiger partial charge in [-0.2, -0.15) is 4.68 Å². The number of nitrogens with zero attached hydrogens (tertiary/aromatic N) is 2. The Balaban J connectivity index is 1.93. The summed E-state index contributed by atoms with van der Waals surface area (Å²) in [5.41, 5.74) is 0.769. The zero-order chi connectivity index (χ0) is 17.3. The number of nitrogens with one attached hydrogen (secondary N) is 1. The van der Waals surface area contributed by atoms with E-state index in [9.17, 15) is 14.4 Å². The van der Waals surface area contributed by atoms with Crippen molar-refractivity contribution in [1.82, 2.24) is 14.7 Å². The van der Waals surface area contributed by atoms with Crippen molar-refractivity contribution in [2.45, 2.75) is 6.54 Å². The molecular formula is C17H15N3O4. The van der Waals surface area contributed by atoms with E-state index in [0.717, 1.165) is 10.2 Å². The molecule has 122 valence electrons. The standard InChI is InChI=1S/C17H15N3O4/c1-19(10-11-5-3-2-4-6-11)17(24)20-15(21)13-9-12(16(22)23)7-8-14(13)18-20/h2-9,18H,10H2,1H3,(H,22,23). The lowest BCUT2D eigenvalue weighted by molar-refractivity contribution is 0.0697. The van der Waals surface area contributed by atoms with Gasteiger partial charge in [-0.15, -0.1) is 0 Å². The highest BCUT2D eigenvalue weighted by molar-refractivity contribution is 5.94. The summed E-state index contributed by atoms with van der Waals surface area (Å²) in [4.78, 5) is 37.3. The van der Waals surface area contributed by atoms with Gasteiger partial charge in [-0.05, 0) is 23.8 Å². The number of carbonyl (C=O) groups excluding carboxylic acids is 1. The van der Waals surface area contributed by atoms with Gasteiger partial charge >= 0.3 is 12.0 Å². The van der Waals surface area contributed by atoms with E-state index in [1.165, 1.54) is 23.1 Å².